The summed E-state index contributed by atoms with van der Waals surface area (Å²) in [6.45, 7) is 0. The van der Waals surface area contributed by atoms with E-state index >= 15 is 0 Å². The summed E-state index contributed by atoms with van der Waals surface area (Å²) < 4.78 is 0. The Labute approximate surface area is 250 Å². The van der Waals surface area contributed by atoms with Crippen LogP contribution in [0.1, 0.15) is 140 Å². The van der Waals surface area contributed by atoms with Gasteiger partial charge in [0.15, 0.2) is 0 Å². The third kappa shape index (κ3) is 10.2. The van der Waals surface area contributed by atoms with E-state index in [1.54, 1.807) is 11.1 Å². The second-order valence-corrected chi connectivity index (χ2v) is 17.9. The SMILES string of the molecule is [N-]=C=O.[Pd+2].[c-]1c(CP(C2CCCCC2)C2CCCCC2)cccc1CP(C1CCCCC1)C1CCCCC1. The third-order valence-electron chi connectivity index (χ3n) is 9.80. The molecule has 1 aromatic carbocycles. The van der Waals surface area contributed by atoms with Gasteiger partial charge >= 0.3 is 20.4 Å². The van der Waals surface area contributed by atoms with Gasteiger partial charge in [-0.1, -0.05) is 92.9 Å². The molecule has 0 aromatic heterocycles. The summed E-state index contributed by atoms with van der Waals surface area (Å²) in [4.78, 5) is 8.24. The Bertz CT molecular complexity index is 712. The van der Waals surface area contributed by atoms with E-state index in [2.05, 4.69) is 24.3 Å². The zero-order valence-electron chi connectivity index (χ0n) is 23.7. The number of rotatable bonds is 8. The van der Waals surface area contributed by atoms with E-state index < -0.39 is 0 Å². The minimum absolute atomic E-state index is 0. The molecule has 0 saturated heterocycles. The number of hydrogen-bond donors (Lipinski definition) is 0. The van der Waals surface area contributed by atoms with Crippen LogP contribution in [0.2, 0.25) is 0 Å². The smallest absolute Gasteiger partial charge is 0.724 e. The maximum absolute atomic E-state index is 8.24. The van der Waals surface area contributed by atoms with E-state index in [0.29, 0.717) is 6.08 Å². The van der Waals surface area contributed by atoms with E-state index in [4.69, 9.17) is 10.2 Å². The van der Waals surface area contributed by atoms with Crippen molar-refractivity contribution in [3.63, 3.8) is 0 Å². The van der Waals surface area contributed by atoms with Crippen LogP contribution < -0.4 is 0 Å². The quantitative estimate of drug-likeness (QED) is 0.0911. The van der Waals surface area contributed by atoms with Gasteiger partial charge in [0, 0.05) is 0 Å². The van der Waals surface area contributed by atoms with Crippen LogP contribution >= 0.6 is 15.8 Å². The number of isocyanates is 1. The molecule has 0 heterocycles. The fourth-order valence-electron chi connectivity index (χ4n) is 7.91. The van der Waals surface area contributed by atoms with Crippen molar-refractivity contribution in [1.29, 1.82) is 0 Å². The van der Waals surface area contributed by atoms with E-state index in [1.165, 1.54) is 141 Å². The molecule has 0 radical (unpaired) electrons. The second-order valence-electron chi connectivity index (χ2n) is 12.3. The first-order valence-corrected chi connectivity index (χ1v) is 19.1. The summed E-state index contributed by atoms with van der Waals surface area (Å²) in [5, 5.41) is 6.76. The van der Waals surface area contributed by atoms with Crippen molar-refractivity contribution < 1.29 is 25.2 Å². The monoisotopic (exact) mass is 645 g/mol. The fourth-order valence-corrected chi connectivity index (χ4v) is 15.4. The number of carbonyl (C=O) groups excluding carboxylic acids is 1. The van der Waals surface area contributed by atoms with Gasteiger partial charge in [0.2, 0.25) is 0 Å². The van der Waals surface area contributed by atoms with Crippen LogP contribution in [-0.2, 0) is 37.5 Å². The summed E-state index contributed by atoms with van der Waals surface area (Å²) >= 11 is 0. The maximum atomic E-state index is 8.24. The predicted molar refractivity (Wildman–Crippen MR) is 163 cm³/mol. The minimum Gasteiger partial charge on any atom is -0.724 e. The first-order chi connectivity index (χ1) is 18.3. The first kappa shape index (κ1) is 32.6. The third-order valence-corrected chi connectivity index (χ3v) is 17.0. The summed E-state index contributed by atoms with van der Waals surface area (Å²) in [7, 11) is 0.288. The van der Waals surface area contributed by atoms with Crippen LogP contribution in [0, 0.1) is 6.07 Å². The van der Waals surface area contributed by atoms with E-state index in [-0.39, 0.29) is 36.3 Å². The van der Waals surface area contributed by atoms with Crippen LogP contribution in [0.5, 0.6) is 0 Å². The summed E-state index contributed by atoms with van der Waals surface area (Å²) in [6, 6.07) is 11.4. The molecule has 214 valence electrons. The molecule has 0 aliphatic heterocycles. The van der Waals surface area contributed by atoms with Crippen LogP contribution in [0.25, 0.3) is 5.41 Å². The van der Waals surface area contributed by atoms with E-state index in [9.17, 15) is 0 Å². The molecule has 2 nitrogen and oxygen atoms in total. The zero-order valence-corrected chi connectivity index (χ0v) is 27.0. The number of benzene rings is 1. The van der Waals surface area contributed by atoms with Gasteiger partial charge in [0.25, 0.3) is 0 Å². The van der Waals surface area contributed by atoms with Crippen molar-refractivity contribution in [3.05, 3.63) is 40.8 Å². The second kappa shape index (κ2) is 18.5. The molecule has 0 bridgehead atoms. The molecule has 0 unspecified atom stereocenters. The van der Waals surface area contributed by atoms with Crippen molar-refractivity contribution in [2.75, 3.05) is 0 Å². The van der Waals surface area contributed by atoms with Gasteiger partial charge in [-0.15, -0.1) is 0 Å². The zero-order chi connectivity index (χ0) is 25.7. The number of hydrogen-bond acceptors (Lipinski definition) is 1. The Morgan fingerprint density at radius 1 is 0.605 bits per heavy atom. The predicted octanol–water partition coefficient (Wildman–Crippen LogP) is 10.7. The van der Waals surface area contributed by atoms with E-state index in [1.807, 2.05) is 0 Å². The van der Waals surface area contributed by atoms with Crippen LogP contribution in [-0.4, -0.2) is 28.7 Å². The molecule has 0 atom stereocenters. The molecule has 1 aromatic rings. The van der Waals surface area contributed by atoms with E-state index in [0.717, 1.165) is 22.6 Å². The van der Waals surface area contributed by atoms with Gasteiger partial charge in [-0.25, -0.2) is 0 Å². The summed E-state index contributed by atoms with van der Waals surface area (Å²) in [5.74, 6) is 0. The van der Waals surface area contributed by atoms with Crippen molar-refractivity contribution in [2.45, 2.75) is 163 Å². The Balaban J connectivity index is 0.000000956. The fraction of sp³-hybridized carbons (Fsp3) is 0.788. The first-order valence-electron chi connectivity index (χ1n) is 15.8. The molecular formula is C33H51NOP2Pd. The molecule has 0 spiro atoms. The topological polar surface area (TPSA) is 39.4 Å². The average Bonchev–Trinajstić information content (AvgIpc) is 2.97. The minimum atomic E-state index is 0. The maximum Gasteiger partial charge on any atom is 2.00 e. The van der Waals surface area contributed by atoms with Gasteiger partial charge in [0.05, 0.1) is 0 Å². The van der Waals surface area contributed by atoms with Crippen molar-refractivity contribution in [3.8, 4) is 0 Å². The molecule has 0 N–H and O–H groups in total. The Morgan fingerprint density at radius 3 is 1.13 bits per heavy atom. The van der Waals surface area contributed by atoms with Gasteiger partial charge in [-0.05, 0) is 92.4 Å². The Morgan fingerprint density at radius 2 is 0.868 bits per heavy atom. The molecule has 4 fully saturated rings. The summed E-state index contributed by atoms with van der Waals surface area (Å²) in [5.41, 5.74) is 7.44. The standard InChI is InChI=1S/C32H51P2.CNO.Pd/c1-5-16-29(17-6-1)33(30-18-7-2-8-19-30)25-27-14-13-15-28(24-27)26-34(31-20-9-3-10-21-31)32-22-11-4-12-23-32;2-1-3;/h13-15,29-32H,1-12,16-23,25-26H2;;/q2*-1;+2. The van der Waals surface area contributed by atoms with Crippen molar-refractivity contribution in [2.24, 2.45) is 0 Å². The van der Waals surface area contributed by atoms with Crippen LogP contribution in [0.3, 0.4) is 0 Å². The summed E-state index contributed by atoms with van der Waals surface area (Å²) in [6.07, 6.45) is 33.6. The molecule has 5 heteroatoms. The van der Waals surface area contributed by atoms with Crippen molar-refractivity contribution >= 4 is 21.9 Å². The Hall–Kier alpha value is 0.122. The molecule has 0 amide bonds. The number of nitrogens with zero attached hydrogens (tertiary/aromatic N) is 1. The van der Waals surface area contributed by atoms with Gasteiger partial charge in [-0.2, -0.15) is 35.4 Å². The Kier molecular flexibility index (Phi) is 15.9. The molecule has 4 aliphatic rings. The van der Waals surface area contributed by atoms with Crippen molar-refractivity contribution in [1.82, 2.24) is 0 Å². The largest absolute Gasteiger partial charge is 2.00 e. The molecule has 4 aliphatic carbocycles. The van der Waals surface area contributed by atoms with Gasteiger partial charge in [0.1, 0.15) is 0 Å². The molecule has 4 saturated carbocycles. The van der Waals surface area contributed by atoms with Gasteiger partial charge in [-0.3, -0.25) is 4.79 Å². The van der Waals surface area contributed by atoms with Gasteiger partial charge < -0.3 is 5.41 Å². The molecule has 5 rings (SSSR count). The normalized spacial score (nSPS) is 22.4. The van der Waals surface area contributed by atoms with Crippen LogP contribution in [0.15, 0.2) is 18.2 Å². The molecule has 38 heavy (non-hydrogen) atoms. The van der Waals surface area contributed by atoms with Crippen LogP contribution in [0.4, 0.5) is 0 Å². The molecular weight excluding hydrogens is 595 g/mol. The average molecular weight is 646 g/mol.